The molecule has 1 N–H and O–H groups in total. The number of benzene rings is 1. The first-order valence-electron chi connectivity index (χ1n) is 8.40. The van der Waals surface area contributed by atoms with Gasteiger partial charge in [-0.05, 0) is 55.3 Å². The minimum atomic E-state index is -0.423. The first kappa shape index (κ1) is 17.5. The molecule has 2 heterocycles. The molecule has 0 saturated carbocycles. The van der Waals surface area contributed by atoms with Gasteiger partial charge in [0.15, 0.2) is 0 Å². The molecule has 6 heteroatoms. The zero-order chi connectivity index (χ0) is 17.8. The van der Waals surface area contributed by atoms with Gasteiger partial charge in [-0.15, -0.1) is 0 Å². The number of nitrogens with zero attached hydrogens (tertiary/aromatic N) is 2. The van der Waals surface area contributed by atoms with Crippen LogP contribution in [0.25, 0.3) is 0 Å². The van der Waals surface area contributed by atoms with Gasteiger partial charge < -0.3 is 5.32 Å². The lowest BCUT2D eigenvalue weighted by atomic mass is 10.0. The van der Waals surface area contributed by atoms with Crippen LogP contribution >= 0.6 is 0 Å². The van der Waals surface area contributed by atoms with E-state index < -0.39 is 5.82 Å². The predicted octanol–water partition coefficient (Wildman–Crippen LogP) is 3.33. The smallest absolute Gasteiger partial charge is 0.217 e. The molecule has 1 fully saturated rings. The van der Waals surface area contributed by atoms with Crippen LogP contribution in [-0.4, -0.2) is 22.3 Å². The van der Waals surface area contributed by atoms with Gasteiger partial charge in [-0.3, -0.25) is 14.7 Å². The van der Waals surface area contributed by atoms with Gasteiger partial charge in [-0.2, -0.15) is 0 Å². The molecule has 1 unspecified atom stereocenters. The van der Waals surface area contributed by atoms with Gasteiger partial charge in [0.25, 0.3) is 0 Å². The van der Waals surface area contributed by atoms with E-state index >= 15 is 0 Å². The zero-order valence-corrected chi connectivity index (χ0v) is 14.1. The summed E-state index contributed by atoms with van der Waals surface area (Å²) in [5.41, 5.74) is 2.25. The van der Waals surface area contributed by atoms with Crippen molar-refractivity contribution in [3.05, 3.63) is 65.0 Å². The highest BCUT2D eigenvalue weighted by Gasteiger charge is 2.27. The number of carbonyl (C=O) groups excluding carboxylic acids is 1. The number of rotatable bonds is 5. The number of hydrogen-bond donors (Lipinski definition) is 1. The second-order valence-corrected chi connectivity index (χ2v) is 6.35. The van der Waals surface area contributed by atoms with E-state index in [0.717, 1.165) is 36.7 Å². The molecular formula is C19H21F2N3O. The second-order valence-electron chi connectivity index (χ2n) is 6.35. The lowest BCUT2D eigenvalue weighted by molar-refractivity contribution is -0.119. The molecular weight excluding hydrogens is 324 g/mol. The number of aromatic nitrogens is 1. The Morgan fingerprint density at radius 1 is 1.32 bits per heavy atom. The van der Waals surface area contributed by atoms with E-state index in [2.05, 4.69) is 15.2 Å². The van der Waals surface area contributed by atoms with Gasteiger partial charge in [-0.25, -0.2) is 8.78 Å². The molecule has 1 atom stereocenters. The molecule has 0 aliphatic carbocycles. The summed E-state index contributed by atoms with van der Waals surface area (Å²) in [6.45, 7) is 3.06. The van der Waals surface area contributed by atoms with Gasteiger partial charge >= 0.3 is 0 Å². The molecule has 0 bridgehead atoms. The molecule has 1 aliphatic rings. The molecule has 1 aromatic carbocycles. The summed E-state index contributed by atoms with van der Waals surface area (Å²) in [5.74, 6) is -0.905. The summed E-state index contributed by atoms with van der Waals surface area (Å²) in [5, 5.41) is 2.74. The van der Waals surface area contributed by atoms with Crippen LogP contribution in [0.2, 0.25) is 0 Å². The van der Waals surface area contributed by atoms with Crippen molar-refractivity contribution in [2.24, 2.45) is 0 Å². The summed E-state index contributed by atoms with van der Waals surface area (Å²) in [6.07, 6.45) is 3.69. The summed E-state index contributed by atoms with van der Waals surface area (Å²) in [7, 11) is 0. The molecule has 25 heavy (non-hydrogen) atoms. The maximum atomic E-state index is 13.9. The van der Waals surface area contributed by atoms with Crippen molar-refractivity contribution in [3.8, 4) is 0 Å². The third-order valence-corrected chi connectivity index (χ3v) is 4.49. The fraction of sp³-hybridized carbons (Fsp3) is 0.368. The highest BCUT2D eigenvalue weighted by atomic mass is 19.1. The van der Waals surface area contributed by atoms with Crippen LogP contribution in [0.4, 0.5) is 8.78 Å². The van der Waals surface area contributed by atoms with E-state index in [-0.39, 0.29) is 17.8 Å². The third-order valence-electron chi connectivity index (χ3n) is 4.49. The highest BCUT2D eigenvalue weighted by Crippen LogP contribution is 2.33. The summed E-state index contributed by atoms with van der Waals surface area (Å²) < 4.78 is 27.4. The second kappa shape index (κ2) is 7.70. The fourth-order valence-electron chi connectivity index (χ4n) is 3.29. The lowest BCUT2D eigenvalue weighted by Gasteiger charge is -2.25. The molecule has 1 amide bonds. The first-order valence-corrected chi connectivity index (χ1v) is 8.40. The van der Waals surface area contributed by atoms with E-state index in [0.29, 0.717) is 18.7 Å². The molecule has 132 valence electrons. The van der Waals surface area contributed by atoms with Crippen molar-refractivity contribution >= 4 is 5.91 Å². The van der Waals surface area contributed by atoms with Gasteiger partial charge in [0.05, 0.1) is 12.2 Å². The molecule has 1 aliphatic heterocycles. The third kappa shape index (κ3) is 4.39. The Hall–Kier alpha value is -2.34. The largest absolute Gasteiger partial charge is 0.351 e. The monoisotopic (exact) mass is 345 g/mol. The molecule has 1 aromatic heterocycles. The van der Waals surface area contributed by atoms with Crippen LogP contribution in [0.3, 0.4) is 0 Å². The van der Waals surface area contributed by atoms with Crippen LogP contribution in [0.5, 0.6) is 0 Å². The van der Waals surface area contributed by atoms with Crippen molar-refractivity contribution in [1.82, 2.24) is 15.2 Å². The molecule has 1 saturated heterocycles. The van der Waals surface area contributed by atoms with E-state index in [1.54, 1.807) is 6.20 Å². The summed E-state index contributed by atoms with van der Waals surface area (Å²) >= 11 is 0. The summed E-state index contributed by atoms with van der Waals surface area (Å²) in [4.78, 5) is 17.5. The standard InChI is InChI=1S/C19H21F2N3O/c1-13(25)23-11-17-10-14(6-7-22-17)19-3-2-8-24(19)12-15-9-16(20)4-5-18(15)21/h4-7,9-10,19H,2-3,8,11-12H2,1H3,(H,23,25). The molecule has 0 radical (unpaired) electrons. The number of halogens is 2. The van der Waals surface area contributed by atoms with E-state index in [1.807, 2.05) is 12.1 Å². The molecule has 2 aromatic rings. The lowest BCUT2D eigenvalue weighted by Crippen LogP contribution is -2.24. The number of hydrogen-bond acceptors (Lipinski definition) is 3. The summed E-state index contributed by atoms with van der Waals surface area (Å²) in [6, 6.07) is 7.63. The Bertz CT molecular complexity index is 766. The van der Waals surface area contributed by atoms with Crippen LogP contribution in [0, 0.1) is 11.6 Å². The quantitative estimate of drug-likeness (QED) is 0.904. The van der Waals surface area contributed by atoms with Gasteiger partial charge in [0, 0.05) is 31.3 Å². The van der Waals surface area contributed by atoms with E-state index in [9.17, 15) is 13.6 Å². The Balaban J connectivity index is 1.76. The topological polar surface area (TPSA) is 45.2 Å². The number of likely N-dealkylation sites (tertiary alicyclic amines) is 1. The number of amides is 1. The average molecular weight is 345 g/mol. The normalized spacial score (nSPS) is 17.6. The maximum Gasteiger partial charge on any atom is 0.217 e. The minimum absolute atomic E-state index is 0.101. The fourth-order valence-corrected chi connectivity index (χ4v) is 3.29. The Labute approximate surface area is 145 Å². The van der Waals surface area contributed by atoms with Crippen LogP contribution in [0.15, 0.2) is 36.5 Å². The van der Waals surface area contributed by atoms with E-state index in [1.165, 1.54) is 19.1 Å². The zero-order valence-electron chi connectivity index (χ0n) is 14.1. The van der Waals surface area contributed by atoms with Gasteiger partial charge in [0.2, 0.25) is 5.91 Å². The van der Waals surface area contributed by atoms with Crippen molar-refractivity contribution in [2.45, 2.75) is 38.9 Å². The van der Waals surface area contributed by atoms with Crippen molar-refractivity contribution < 1.29 is 13.6 Å². The van der Waals surface area contributed by atoms with Crippen LogP contribution in [-0.2, 0) is 17.9 Å². The average Bonchev–Trinajstić information content (AvgIpc) is 3.05. The van der Waals surface area contributed by atoms with Crippen molar-refractivity contribution in [1.29, 1.82) is 0 Å². The number of nitrogens with one attached hydrogen (secondary N) is 1. The van der Waals surface area contributed by atoms with Crippen LogP contribution < -0.4 is 5.32 Å². The Kier molecular flexibility index (Phi) is 5.38. The Morgan fingerprint density at radius 3 is 2.96 bits per heavy atom. The minimum Gasteiger partial charge on any atom is -0.351 e. The molecule has 3 rings (SSSR count). The predicted molar refractivity (Wildman–Crippen MR) is 90.5 cm³/mol. The molecule has 4 nitrogen and oxygen atoms in total. The van der Waals surface area contributed by atoms with E-state index in [4.69, 9.17) is 0 Å². The molecule has 0 spiro atoms. The first-order chi connectivity index (χ1) is 12.0. The van der Waals surface area contributed by atoms with Crippen LogP contribution in [0.1, 0.15) is 42.6 Å². The Morgan fingerprint density at radius 2 is 2.16 bits per heavy atom. The van der Waals surface area contributed by atoms with Crippen molar-refractivity contribution in [2.75, 3.05) is 6.54 Å². The maximum absolute atomic E-state index is 13.9. The highest BCUT2D eigenvalue weighted by molar-refractivity contribution is 5.72. The van der Waals surface area contributed by atoms with Crippen molar-refractivity contribution in [3.63, 3.8) is 0 Å². The van der Waals surface area contributed by atoms with Gasteiger partial charge in [0.1, 0.15) is 11.6 Å². The number of pyridine rings is 1. The SMILES string of the molecule is CC(=O)NCc1cc(C2CCCN2Cc2cc(F)ccc2F)ccn1. The van der Waals surface area contributed by atoms with Gasteiger partial charge in [-0.1, -0.05) is 0 Å². The number of carbonyl (C=O) groups is 1.